The normalized spacial score (nSPS) is 11.1. The number of para-hydroxylation sites is 1. The van der Waals surface area contributed by atoms with E-state index in [1.54, 1.807) is 0 Å². The summed E-state index contributed by atoms with van der Waals surface area (Å²) < 4.78 is 6.20. The molecule has 5 rings (SSSR count). The van der Waals surface area contributed by atoms with Crippen molar-refractivity contribution in [2.45, 2.75) is 12.8 Å². The Labute approximate surface area is 173 Å². The summed E-state index contributed by atoms with van der Waals surface area (Å²) in [6.07, 6.45) is 1.20. The summed E-state index contributed by atoms with van der Waals surface area (Å²) >= 11 is 0. The molecular formula is C25H20N4O. The molecule has 0 saturated carbocycles. The summed E-state index contributed by atoms with van der Waals surface area (Å²) in [6, 6.07) is 27.8. The molecule has 0 spiro atoms. The first-order valence-corrected chi connectivity index (χ1v) is 9.91. The highest BCUT2D eigenvalue weighted by molar-refractivity contribution is 5.77. The van der Waals surface area contributed by atoms with Gasteiger partial charge in [-0.2, -0.15) is 0 Å². The molecule has 0 aliphatic rings. The van der Waals surface area contributed by atoms with Gasteiger partial charge in [0.25, 0.3) is 0 Å². The first-order valence-electron chi connectivity index (χ1n) is 9.91. The third-order valence-corrected chi connectivity index (χ3v) is 5.03. The van der Waals surface area contributed by atoms with Crippen molar-refractivity contribution in [2.24, 2.45) is 0 Å². The quantitative estimate of drug-likeness (QED) is 0.434. The Balaban J connectivity index is 1.48. The number of nitrogens with one attached hydrogen (secondary N) is 2. The Bertz CT molecular complexity index is 1300. The maximum atomic E-state index is 8.22. The van der Waals surface area contributed by atoms with E-state index < -0.39 is 0 Å². The predicted octanol–water partition coefficient (Wildman–Crippen LogP) is 5.15. The first-order chi connectivity index (χ1) is 14.8. The fourth-order valence-corrected chi connectivity index (χ4v) is 3.56. The molecule has 146 valence electrons. The van der Waals surface area contributed by atoms with E-state index in [4.69, 9.17) is 14.8 Å². The zero-order valence-electron chi connectivity index (χ0n) is 16.3. The number of hydrogen-bond donors (Lipinski definition) is 2. The van der Waals surface area contributed by atoms with Crippen molar-refractivity contribution in [1.82, 2.24) is 15.0 Å². The van der Waals surface area contributed by atoms with Gasteiger partial charge in [-0.1, -0.05) is 72.8 Å². The van der Waals surface area contributed by atoms with E-state index in [-0.39, 0.29) is 0 Å². The van der Waals surface area contributed by atoms with Gasteiger partial charge in [-0.15, -0.1) is 0 Å². The molecule has 0 radical (unpaired) electrons. The van der Waals surface area contributed by atoms with Crippen molar-refractivity contribution >= 4 is 10.9 Å². The van der Waals surface area contributed by atoms with Crippen LogP contribution in [0.1, 0.15) is 11.7 Å². The number of hydrogen-bond acceptors (Lipinski definition) is 4. The van der Waals surface area contributed by atoms with Gasteiger partial charge < -0.3 is 9.40 Å². The van der Waals surface area contributed by atoms with Crippen LogP contribution in [0.4, 0.5) is 0 Å². The summed E-state index contributed by atoms with van der Waals surface area (Å²) in [4.78, 5) is 12.5. The number of rotatable bonds is 5. The number of aromatic amines is 1. The molecule has 3 aromatic carbocycles. The van der Waals surface area contributed by atoms with Crippen molar-refractivity contribution in [1.29, 1.82) is 5.41 Å². The standard InChI is InChI=1S/C25H20N4O/c26-25-19-13-7-8-14-20(19)27-21(28-25)15-16-22-29-23(17-9-3-1-4-10-17)24(30-22)18-11-5-2-6-12-18/h1-14H,15-16H2,(H2,26,27,28). The molecule has 0 aliphatic heterocycles. The molecule has 0 unspecified atom stereocenters. The summed E-state index contributed by atoms with van der Waals surface area (Å²) in [5.74, 6) is 2.18. The molecule has 0 fully saturated rings. The van der Waals surface area contributed by atoms with E-state index >= 15 is 0 Å². The Morgan fingerprint density at radius 3 is 2.17 bits per heavy atom. The molecule has 5 nitrogen and oxygen atoms in total. The SMILES string of the molecule is N=c1[nH]c(CCc2nc(-c3ccccc3)c(-c3ccccc3)o2)nc2ccccc12. The molecule has 2 heterocycles. The zero-order valence-corrected chi connectivity index (χ0v) is 16.3. The van der Waals surface area contributed by atoms with Crippen LogP contribution in [0.3, 0.4) is 0 Å². The van der Waals surface area contributed by atoms with Gasteiger partial charge in [-0.3, -0.25) is 5.41 Å². The maximum absolute atomic E-state index is 8.22. The Kier molecular flexibility index (Phi) is 4.69. The minimum Gasteiger partial charge on any atom is -0.440 e. The van der Waals surface area contributed by atoms with Crippen molar-refractivity contribution < 1.29 is 4.42 Å². The second-order valence-corrected chi connectivity index (χ2v) is 7.09. The van der Waals surface area contributed by atoms with Crippen molar-refractivity contribution in [3.05, 3.63) is 102 Å². The predicted molar refractivity (Wildman–Crippen MR) is 117 cm³/mol. The molecule has 0 bridgehead atoms. The van der Waals surface area contributed by atoms with Crippen LogP contribution in [-0.2, 0) is 12.8 Å². The molecule has 2 aromatic heterocycles. The summed E-state index contributed by atoms with van der Waals surface area (Å²) in [5, 5.41) is 9.03. The fraction of sp³-hybridized carbons (Fsp3) is 0.0800. The van der Waals surface area contributed by atoms with Crippen molar-refractivity contribution in [3.8, 4) is 22.6 Å². The van der Waals surface area contributed by atoms with Gasteiger partial charge in [0.05, 0.1) is 5.52 Å². The number of aromatic nitrogens is 3. The Morgan fingerprint density at radius 1 is 0.733 bits per heavy atom. The van der Waals surface area contributed by atoms with Gasteiger partial charge in [-0.25, -0.2) is 9.97 Å². The highest BCUT2D eigenvalue weighted by atomic mass is 16.4. The van der Waals surface area contributed by atoms with Crippen molar-refractivity contribution in [3.63, 3.8) is 0 Å². The lowest BCUT2D eigenvalue weighted by atomic mass is 10.1. The van der Waals surface area contributed by atoms with E-state index in [2.05, 4.69) is 9.97 Å². The summed E-state index contributed by atoms with van der Waals surface area (Å²) in [7, 11) is 0. The molecule has 0 atom stereocenters. The monoisotopic (exact) mass is 392 g/mol. The van der Waals surface area contributed by atoms with Crippen molar-refractivity contribution in [2.75, 3.05) is 0 Å². The van der Waals surface area contributed by atoms with E-state index in [1.165, 1.54) is 0 Å². The molecule has 0 saturated heterocycles. The maximum Gasteiger partial charge on any atom is 0.195 e. The second kappa shape index (κ2) is 7.79. The topological polar surface area (TPSA) is 78.6 Å². The van der Waals surface area contributed by atoms with Crippen LogP contribution in [0.2, 0.25) is 0 Å². The third-order valence-electron chi connectivity index (χ3n) is 5.03. The number of aryl methyl sites for hydroxylation is 2. The van der Waals surface area contributed by atoms with Crippen LogP contribution < -0.4 is 5.49 Å². The first kappa shape index (κ1) is 18.1. The Hall–Kier alpha value is -3.99. The number of fused-ring (bicyclic) bond motifs is 1. The van der Waals surface area contributed by atoms with Gasteiger partial charge in [0.15, 0.2) is 11.7 Å². The van der Waals surface area contributed by atoms with Gasteiger partial charge >= 0.3 is 0 Å². The molecule has 0 aliphatic carbocycles. The van der Waals surface area contributed by atoms with Crippen LogP contribution in [0.25, 0.3) is 33.5 Å². The van der Waals surface area contributed by atoms with Gasteiger partial charge in [-0.05, 0) is 12.1 Å². The molecular weight excluding hydrogens is 372 g/mol. The third kappa shape index (κ3) is 3.53. The highest BCUT2D eigenvalue weighted by Crippen LogP contribution is 2.32. The lowest BCUT2D eigenvalue weighted by molar-refractivity contribution is 0.503. The van der Waals surface area contributed by atoms with Crippen LogP contribution in [-0.4, -0.2) is 15.0 Å². The number of oxazole rings is 1. The van der Waals surface area contributed by atoms with E-state index in [1.807, 2.05) is 84.9 Å². The van der Waals surface area contributed by atoms with E-state index in [0.717, 1.165) is 39.3 Å². The summed E-state index contributed by atoms with van der Waals surface area (Å²) in [5.41, 5.74) is 4.05. The smallest absolute Gasteiger partial charge is 0.195 e. The van der Waals surface area contributed by atoms with E-state index in [0.29, 0.717) is 24.2 Å². The number of nitrogens with zero attached hydrogens (tertiary/aromatic N) is 2. The van der Waals surface area contributed by atoms with Gasteiger partial charge in [0.2, 0.25) is 0 Å². The van der Waals surface area contributed by atoms with Crippen LogP contribution in [0, 0.1) is 5.41 Å². The molecule has 0 amide bonds. The molecule has 5 aromatic rings. The Morgan fingerprint density at radius 2 is 1.40 bits per heavy atom. The molecule has 2 N–H and O–H groups in total. The van der Waals surface area contributed by atoms with Crippen LogP contribution >= 0.6 is 0 Å². The summed E-state index contributed by atoms with van der Waals surface area (Å²) in [6.45, 7) is 0. The largest absolute Gasteiger partial charge is 0.440 e. The minimum atomic E-state index is 0.373. The second-order valence-electron chi connectivity index (χ2n) is 7.09. The average Bonchev–Trinajstić information content (AvgIpc) is 3.23. The fourth-order valence-electron chi connectivity index (χ4n) is 3.56. The zero-order chi connectivity index (χ0) is 20.3. The van der Waals surface area contributed by atoms with Crippen LogP contribution in [0.5, 0.6) is 0 Å². The minimum absolute atomic E-state index is 0.373. The molecule has 30 heavy (non-hydrogen) atoms. The van der Waals surface area contributed by atoms with Crippen LogP contribution in [0.15, 0.2) is 89.3 Å². The highest BCUT2D eigenvalue weighted by Gasteiger charge is 2.17. The number of benzene rings is 3. The lowest BCUT2D eigenvalue weighted by Crippen LogP contribution is -2.12. The average molecular weight is 392 g/mol. The van der Waals surface area contributed by atoms with Gasteiger partial charge in [0.1, 0.15) is 17.0 Å². The van der Waals surface area contributed by atoms with E-state index in [9.17, 15) is 0 Å². The van der Waals surface area contributed by atoms with Gasteiger partial charge in [0, 0.05) is 29.4 Å². The lowest BCUT2D eigenvalue weighted by Gasteiger charge is -2.02. The molecule has 5 heteroatoms. The number of H-pyrrole nitrogens is 1.